The summed E-state index contributed by atoms with van der Waals surface area (Å²) in [6.45, 7) is 5.94. The van der Waals surface area contributed by atoms with Crippen LogP contribution >= 0.6 is 0 Å². The Labute approximate surface area is 74.6 Å². The molecule has 1 aliphatic heterocycles. The van der Waals surface area contributed by atoms with Crippen LogP contribution in [0.25, 0.3) is 0 Å². The molecule has 0 aromatic heterocycles. The number of terminal acetylenes is 1. The lowest BCUT2D eigenvalue weighted by Crippen LogP contribution is -2.49. The van der Waals surface area contributed by atoms with Gasteiger partial charge in [-0.1, -0.05) is 5.92 Å². The number of piperidine rings is 1. The Balaban J connectivity index is 2.58. The van der Waals surface area contributed by atoms with Crippen LogP contribution in [0.2, 0.25) is 0 Å². The van der Waals surface area contributed by atoms with E-state index < -0.39 is 5.60 Å². The maximum atomic E-state index is 9.82. The predicted molar refractivity (Wildman–Crippen MR) is 49.7 cm³/mol. The first kappa shape index (κ1) is 9.57. The van der Waals surface area contributed by atoms with Crippen molar-refractivity contribution in [3.63, 3.8) is 0 Å². The molecule has 1 heterocycles. The lowest BCUT2D eigenvalue weighted by molar-refractivity contribution is 0.00442. The van der Waals surface area contributed by atoms with E-state index in [1.807, 2.05) is 0 Å². The van der Waals surface area contributed by atoms with Gasteiger partial charge in [0.15, 0.2) is 0 Å². The van der Waals surface area contributed by atoms with Crippen molar-refractivity contribution < 1.29 is 5.11 Å². The molecule has 0 radical (unpaired) electrons. The maximum Gasteiger partial charge on any atom is 0.137 e. The van der Waals surface area contributed by atoms with Crippen LogP contribution in [0.5, 0.6) is 0 Å². The summed E-state index contributed by atoms with van der Waals surface area (Å²) in [7, 11) is 0. The van der Waals surface area contributed by atoms with Crippen molar-refractivity contribution in [2.24, 2.45) is 0 Å². The van der Waals surface area contributed by atoms with E-state index in [2.05, 4.69) is 24.7 Å². The second-order valence-electron chi connectivity index (χ2n) is 3.84. The summed E-state index contributed by atoms with van der Waals surface area (Å²) in [4.78, 5) is 2.23. The van der Waals surface area contributed by atoms with Crippen LogP contribution in [0.1, 0.15) is 26.7 Å². The summed E-state index contributed by atoms with van der Waals surface area (Å²) in [5.41, 5.74) is -0.872. The molecule has 2 nitrogen and oxygen atoms in total. The van der Waals surface area contributed by atoms with Crippen molar-refractivity contribution in [1.82, 2.24) is 4.90 Å². The molecule has 0 amide bonds. The Morgan fingerprint density at radius 1 is 1.58 bits per heavy atom. The molecule has 1 rings (SSSR count). The first-order chi connectivity index (χ1) is 5.57. The molecule has 0 spiro atoms. The average molecular weight is 167 g/mol. The van der Waals surface area contributed by atoms with Gasteiger partial charge in [-0.2, -0.15) is 0 Å². The molecule has 0 aromatic rings. The highest BCUT2D eigenvalue weighted by molar-refractivity contribution is 5.10. The largest absolute Gasteiger partial charge is 0.376 e. The van der Waals surface area contributed by atoms with Gasteiger partial charge in [-0.3, -0.25) is 4.90 Å². The zero-order valence-corrected chi connectivity index (χ0v) is 7.88. The van der Waals surface area contributed by atoms with E-state index in [4.69, 9.17) is 6.42 Å². The number of hydrogen-bond donors (Lipinski definition) is 1. The van der Waals surface area contributed by atoms with Gasteiger partial charge in [0, 0.05) is 12.6 Å². The molecule has 0 aromatic carbocycles. The number of nitrogens with zero attached hydrogens (tertiary/aromatic N) is 1. The molecule has 12 heavy (non-hydrogen) atoms. The molecular formula is C10H17NO. The van der Waals surface area contributed by atoms with Crippen LogP contribution in [0.15, 0.2) is 0 Å². The fourth-order valence-electron chi connectivity index (χ4n) is 1.63. The van der Waals surface area contributed by atoms with Crippen molar-refractivity contribution in [2.45, 2.75) is 38.3 Å². The van der Waals surface area contributed by atoms with Gasteiger partial charge in [0.25, 0.3) is 0 Å². The Hall–Kier alpha value is -0.520. The molecule has 0 unspecified atom stereocenters. The summed E-state index contributed by atoms with van der Waals surface area (Å²) >= 11 is 0. The molecule has 1 atom stereocenters. The van der Waals surface area contributed by atoms with E-state index in [1.54, 1.807) is 0 Å². The van der Waals surface area contributed by atoms with E-state index in [1.165, 1.54) is 0 Å². The lowest BCUT2D eigenvalue weighted by Gasteiger charge is -2.38. The summed E-state index contributed by atoms with van der Waals surface area (Å²) in [6.07, 6.45) is 7.01. The summed E-state index contributed by atoms with van der Waals surface area (Å²) in [5.74, 6) is 2.48. The second kappa shape index (κ2) is 3.47. The van der Waals surface area contributed by atoms with E-state index in [9.17, 15) is 5.11 Å². The molecule has 1 fully saturated rings. The average Bonchev–Trinajstić information content (AvgIpc) is 2.05. The SMILES string of the molecule is C#C[C@@]1(O)CCCN(C(C)C)C1. The van der Waals surface area contributed by atoms with Gasteiger partial charge < -0.3 is 5.11 Å². The van der Waals surface area contributed by atoms with Crippen LogP contribution in [0, 0.1) is 12.3 Å². The van der Waals surface area contributed by atoms with Crippen LogP contribution in [0.4, 0.5) is 0 Å². The predicted octanol–water partition coefficient (Wildman–Crippen LogP) is 0.855. The van der Waals surface area contributed by atoms with Gasteiger partial charge >= 0.3 is 0 Å². The number of hydrogen-bond acceptors (Lipinski definition) is 2. The fraction of sp³-hybridized carbons (Fsp3) is 0.800. The second-order valence-corrected chi connectivity index (χ2v) is 3.84. The van der Waals surface area contributed by atoms with Gasteiger partial charge in [-0.05, 0) is 33.2 Å². The molecule has 0 saturated carbocycles. The summed E-state index contributed by atoms with van der Waals surface area (Å²) in [5, 5.41) is 9.82. The van der Waals surface area contributed by atoms with Crippen molar-refractivity contribution in [3.8, 4) is 12.3 Å². The van der Waals surface area contributed by atoms with Crippen molar-refractivity contribution in [3.05, 3.63) is 0 Å². The first-order valence-electron chi connectivity index (χ1n) is 4.51. The third kappa shape index (κ3) is 2.00. The monoisotopic (exact) mass is 167 g/mol. The van der Waals surface area contributed by atoms with Crippen molar-refractivity contribution in [1.29, 1.82) is 0 Å². The van der Waals surface area contributed by atoms with Gasteiger partial charge in [-0.25, -0.2) is 0 Å². The number of likely N-dealkylation sites (tertiary alicyclic amines) is 1. The fourth-order valence-corrected chi connectivity index (χ4v) is 1.63. The first-order valence-corrected chi connectivity index (χ1v) is 4.51. The van der Waals surface area contributed by atoms with Gasteiger partial charge in [0.1, 0.15) is 5.60 Å². The van der Waals surface area contributed by atoms with E-state index in [0.29, 0.717) is 12.6 Å². The molecular weight excluding hydrogens is 150 g/mol. The number of rotatable bonds is 1. The molecule has 0 aliphatic carbocycles. The van der Waals surface area contributed by atoms with Crippen LogP contribution in [-0.4, -0.2) is 34.7 Å². The highest BCUT2D eigenvalue weighted by atomic mass is 16.3. The van der Waals surface area contributed by atoms with Crippen molar-refractivity contribution in [2.75, 3.05) is 13.1 Å². The number of β-amino-alcohol motifs (C(OH)–C–C–N with tert-alkyl or cyclic N) is 1. The normalized spacial score (nSPS) is 31.9. The van der Waals surface area contributed by atoms with Gasteiger partial charge in [0.2, 0.25) is 0 Å². The summed E-state index contributed by atoms with van der Waals surface area (Å²) < 4.78 is 0. The molecule has 1 saturated heterocycles. The van der Waals surface area contributed by atoms with E-state index >= 15 is 0 Å². The standard InChI is InChI=1S/C10H17NO/c1-4-10(12)6-5-7-11(8-10)9(2)3/h1,9,12H,5-8H2,2-3H3/t10-/m1/s1. The zero-order chi connectivity index (χ0) is 9.19. The lowest BCUT2D eigenvalue weighted by atomic mass is 9.93. The maximum absolute atomic E-state index is 9.82. The highest BCUT2D eigenvalue weighted by Gasteiger charge is 2.31. The Kier molecular flexibility index (Phi) is 2.76. The van der Waals surface area contributed by atoms with Crippen LogP contribution in [-0.2, 0) is 0 Å². The minimum absolute atomic E-state index is 0.477. The molecule has 1 aliphatic rings. The Morgan fingerprint density at radius 3 is 2.75 bits per heavy atom. The highest BCUT2D eigenvalue weighted by Crippen LogP contribution is 2.21. The van der Waals surface area contributed by atoms with Crippen LogP contribution in [0.3, 0.4) is 0 Å². The zero-order valence-electron chi connectivity index (χ0n) is 7.88. The number of aliphatic hydroxyl groups is 1. The smallest absolute Gasteiger partial charge is 0.137 e. The minimum Gasteiger partial charge on any atom is -0.376 e. The minimum atomic E-state index is -0.872. The van der Waals surface area contributed by atoms with Crippen LogP contribution < -0.4 is 0 Å². The summed E-state index contributed by atoms with van der Waals surface area (Å²) in [6, 6.07) is 0.477. The third-order valence-electron chi connectivity index (χ3n) is 2.50. The topological polar surface area (TPSA) is 23.5 Å². The molecule has 1 N–H and O–H groups in total. The van der Waals surface area contributed by atoms with E-state index in [-0.39, 0.29) is 0 Å². The van der Waals surface area contributed by atoms with Gasteiger partial charge in [-0.15, -0.1) is 6.42 Å². The molecule has 68 valence electrons. The quantitative estimate of drug-likeness (QED) is 0.585. The Morgan fingerprint density at radius 2 is 2.25 bits per heavy atom. The van der Waals surface area contributed by atoms with Gasteiger partial charge in [0.05, 0.1) is 0 Å². The molecule has 2 heteroatoms. The Bertz CT molecular complexity index is 195. The van der Waals surface area contributed by atoms with Crippen molar-refractivity contribution >= 4 is 0 Å². The third-order valence-corrected chi connectivity index (χ3v) is 2.50. The van der Waals surface area contributed by atoms with E-state index in [0.717, 1.165) is 19.4 Å². The molecule has 0 bridgehead atoms.